The first-order chi connectivity index (χ1) is 20.7. The van der Waals surface area contributed by atoms with Gasteiger partial charge in [0.2, 0.25) is 26.0 Å². The maximum Gasteiger partial charge on any atom is 0.253 e. The van der Waals surface area contributed by atoms with Crippen molar-refractivity contribution in [2.75, 3.05) is 25.0 Å². The number of benzene rings is 4. The summed E-state index contributed by atoms with van der Waals surface area (Å²) in [6.45, 7) is -0.552. The number of amides is 2. The van der Waals surface area contributed by atoms with Crippen molar-refractivity contribution in [2.45, 2.75) is 22.4 Å². The second kappa shape index (κ2) is 12.9. The fourth-order valence-corrected chi connectivity index (χ4v) is 7.86. The second-order valence-corrected chi connectivity index (χ2v) is 13.7. The second-order valence-electron chi connectivity index (χ2n) is 9.82. The van der Waals surface area contributed by atoms with Crippen LogP contribution in [-0.2, 0) is 31.4 Å². The largest absolute Gasteiger partial charge is 0.348 e. The van der Waals surface area contributed by atoms with E-state index in [1.807, 2.05) is 30.3 Å². The van der Waals surface area contributed by atoms with Crippen LogP contribution >= 0.6 is 0 Å². The maximum atomic E-state index is 13.8. The normalized spacial score (nSPS) is 16.3. The van der Waals surface area contributed by atoms with E-state index >= 15 is 0 Å². The van der Waals surface area contributed by atoms with Gasteiger partial charge in [0, 0.05) is 26.2 Å². The van der Waals surface area contributed by atoms with Gasteiger partial charge in [0.25, 0.3) is 5.91 Å². The molecule has 1 saturated heterocycles. The van der Waals surface area contributed by atoms with E-state index in [1.54, 1.807) is 54.6 Å². The lowest BCUT2D eigenvalue weighted by molar-refractivity contribution is -0.120. The maximum absolute atomic E-state index is 13.8. The van der Waals surface area contributed by atoms with Crippen molar-refractivity contribution in [1.29, 1.82) is 0 Å². The van der Waals surface area contributed by atoms with Gasteiger partial charge < -0.3 is 10.6 Å². The minimum atomic E-state index is -4.18. The Morgan fingerprint density at radius 1 is 0.674 bits per heavy atom. The van der Waals surface area contributed by atoms with Crippen LogP contribution in [-0.4, -0.2) is 62.9 Å². The molecule has 0 saturated carbocycles. The standard InChI is InChI=1S/C31H30N4O6S2/c36-30(32-22-24-12-4-1-5-13-24)27-18-10-11-19-28(27)33-31(37)29-23-34(42(38,39)25-14-6-2-7-15-25)20-21-35(29)43(40,41)26-16-8-3-9-17-26/h1-19,29H,20-23H2,(H,32,36)(H,33,37)/t29-/m0/s1. The van der Waals surface area contributed by atoms with Crippen LogP contribution in [0, 0.1) is 0 Å². The molecular formula is C31H30N4O6S2. The van der Waals surface area contributed by atoms with Gasteiger partial charge in [-0.15, -0.1) is 0 Å². The van der Waals surface area contributed by atoms with Crippen molar-refractivity contribution in [1.82, 2.24) is 13.9 Å². The highest BCUT2D eigenvalue weighted by molar-refractivity contribution is 7.89. The van der Waals surface area contributed by atoms with Gasteiger partial charge in [0.1, 0.15) is 6.04 Å². The van der Waals surface area contributed by atoms with E-state index in [1.165, 1.54) is 30.3 Å². The molecule has 2 N–H and O–H groups in total. The highest BCUT2D eigenvalue weighted by Gasteiger charge is 2.43. The lowest BCUT2D eigenvalue weighted by Gasteiger charge is -2.39. The van der Waals surface area contributed by atoms with Gasteiger partial charge in [-0.25, -0.2) is 16.8 Å². The van der Waals surface area contributed by atoms with Crippen molar-refractivity contribution in [3.05, 3.63) is 126 Å². The zero-order chi connectivity index (χ0) is 30.5. The number of piperazine rings is 1. The SMILES string of the molecule is O=C(NCc1ccccc1)c1ccccc1NC(=O)[C@@H]1CN(S(=O)(=O)c2ccccc2)CCN1S(=O)(=O)c1ccccc1. The van der Waals surface area contributed by atoms with Gasteiger partial charge in [-0.1, -0.05) is 78.9 Å². The molecule has 0 aromatic heterocycles. The minimum absolute atomic E-state index is 0.0205. The Balaban J connectivity index is 1.43. The summed E-state index contributed by atoms with van der Waals surface area (Å²) in [4.78, 5) is 27.0. The molecule has 0 radical (unpaired) electrons. The molecule has 1 aliphatic rings. The van der Waals surface area contributed by atoms with E-state index in [0.717, 1.165) is 14.2 Å². The van der Waals surface area contributed by atoms with E-state index in [9.17, 15) is 26.4 Å². The third-order valence-electron chi connectivity index (χ3n) is 7.05. The number of carbonyl (C=O) groups is 2. The van der Waals surface area contributed by atoms with Crippen molar-refractivity contribution in [3.8, 4) is 0 Å². The molecule has 0 spiro atoms. The van der Waals surface area contributed by atoms with Crippen LogP contribution in [0.3, 0.4) is 0 Å². The summed E-state index contributed by atoms with van der Waals surface area (Å²) in [7, 11) is -8.20. The summed E-state index contributed by atoms with van der Waals surface area (Å²) in [5.74, 6) is -1.21. The van der Waals surface area contributed by atoms with Gasteiger partial charge in [-0.3, -0.25) is 9.59 Å². The quantitative estimate of drug-likeness (QED) is 0.296. The monoisotopic (exact) mass is 618 g/mol. The van der Waals surface area contributed by atoms with E-state index in [4.69, 9.17) is 0 Å². The first-order valence-electron chi connectivity index (χ1n) is 13.5. The average Bonchev–Trinajstić information content (AvgIpc) is 3.05. The lowest BCUT2D eigenvalue weighted by Crippen LogP contribution is -2.60. The van der Waals surface area contributed by atoms with Crippen molar-refractivity contribution in [3.63, 3.8) is 0 Å². The first-order valence-corrected chi connectivity index (χ1v) is 16.4. The molecule has 1 atom stereocenters. The smallest absolute Gasteiger partial charge is 0.253 e. The van der Waals surface area contributed by atoms with Crippen LogP contribution in [0.1, 0.15) is 15.9 Å². The van der Waals surface area contributed by atoms with Gasteiger partial charge in [-0.2, -0.15) is 8.61 Å². The Kier molecular flexibility index (Phi) is 9.02. The van der Waals surface area contributed by atoms with Crippen LogP contribution in [0.15, 0.2) is 125 Å². The third-order valence-corrected chi connectivity index (χ3v) is 10.9. The molecule has 1 fully saturated rings. The molecule has 12 heteroatoms. The first kappa shape index (κ1) is 30.1. The van der Waals surface area contributed by atoms with Crippen LogP contribution < -0.4 is 10.6 Å². The highest BCUT2D eigenvalue weighted by Crippen LogP contribution is 2.27. The number of carbonyl (C=O) groups excluding carboxylic acids is 2. The molecule has 2 amide bonds. The summed E-state index contributed by atoms with van der Waals surface area (Å²) in [5, 5.41) is 5.52. The molecule has 0 unspecified atom stereocenters. The molecule has 1 heterocycles. The zero-order valence-electron chi connectivity index (χ0n) is 23.0. The zero-order valence-corrected chi connectivity index (χ0v) is 24.7. The van der Waals surface area contributed by atoms with Crippen LogP contribution in [0.4, 0.5) is 5.69 Å². The predicted octanol–water partition coefficient (Wildman–Crippen LogP) is 3.32. The summed E-state index contributed by atoms with van der Waals surface area (Å²) in [6, 6.07) is 29.7. The van der Waals surface area contributed by atoms with Gasteiger partial charge in [0.15, 0.2) is 0 Å². The highest BCUT2D eigenvalue weighted by atomic mass is 32.2. The van der Waals surface area contributed by atoms with E-state index in [-0.39, 0.29) is 40.7 Å². The Morgan fingerprint density at radius 3 is 1.84 bits per heavy atom. The van der Waals surface area contributed by atoms with Crippen LogP contribution in [0.5, 0.6) is 0 Å². The minimum Gasteiger partial charge on any atom is -0.348 e. The summed E-state index contributed by atoms with van der Waals surface area (Å²) >= 11 is 0. The van der Waals surface area contributed by atoms with E-state index in [0.29, 0.717) is 0 Å². The fraction of sp³-hybridized carbons (Fsp3) is 0.161. The molecule has 4 aromatic carbocycles. The van der Waals surface area contributed by atoms with Gasteiger partial charge in [-0.05, 0) is 42.0 Å². The van der Waals surface area contributed by atoms with Gasteiger partial charge in [0.05, 0.1) is 21.0 Å². The number of hydrogen-bond acceptors (Lipinski definition) is 6. The molecule has 0 aliphatic carbocycles. The number of hydrogen-bond donors (Lipinski definition) is 2. The number of nitrogens with zero attached hydrogens (tertiary/aromatic N) is 2. The van der Waals surface area contributed by atoms with Gasteiger partial charge >= 0.3 is 0 Å². The molecule has 10 nitrogen and oxygen atoms in total. The Bertz CT molecular complexity index is 1800. The third kappa shape index (κ3) is 6.67. The summed E-state index contributed by atoms with van der Waals surface area (Å²) in [6.07, 6.45) is 0. The van der Waals surface area contributed by atoms with Crippen LogP contribution in [0.25, 0.3) is 0 Å². The Hall–Kier alpha value is -4.36. The molecule has 4 aromatic rings. The Labute approximate surface area is 251 Å². The molecular weight excluding hydrogens is 588 g/mol. The lowest BCUT2D eigenvalue weighted by atomic mass is 10.1. The number of sulfonamides is 2. The summed E-state index contributed by atoms with van der Waals surface area (Å²) < 4.78 is 56.4. The topological polar surface area (TPSA) is 133 Å². The van der Waals surface area contributed by atoms with Crippen molar-refractivity contribution >= 4 is 37.5 Å². The summed E-state index contributed by atoms with van der Waals surface area (Å²) in [5.41, 5.74) is 1.23. The van der Waals surface area contributed by atoms with Crippen LogP contribution in [0.2, 0.25) is 0 Å². The Morgan fingerprint density at radius 2 is 1.21 bits per heavy atom. The molecule has 5 rings (SSSR count). The van der Waals surface area contributed by atoms with Crippen molar-refractivity contribution < 1.29 is 26.4 Å². The molecule has 0 bridgehead atoms. The van der Waals surface area contributed by atoms with E-state index < -0.39 is 44.4 Å². The predicted molar refractivity (Wildman–Crippen MR) is 162 cm³/mol. The number of anilines is 1. The molecule has 222 valence electrons. The fourth-order valence-electron chi connectivity index (χ4n) is 4.81. The van der Waals surface area contributed by atoms with Crippen molar-refractivity contribution in [2.24, 2.45) is 0 Å². The molecule has 1 aliphatic heterocycles. The van der Waals surface area contributed by atoms with E-state index in [2.05, 4.69) is 10.6 Å². The average molecular weight is 619 g/mol. The number of para-hydroxylation sites is 1. The number of rotatable bonds is 9. The number of nitrogens with one attached hydrogen (secondary N) is 2. The molecule has 43 heavy (non-hydrogen) atoms.